The van der Waals surface area contributed by atoms with E-state index in [2.05, 4.69) is 29.5 Å². The van der Waals surface area contributed by atoms with Gasteiger partial charge in [-0.15, -0.1) is 0 Å². The second-order valence-electron chi connectivity index (χ2n) is 5.76. The third kappa shape index (κ3) is 2.34. The zero-order chi connectivity index (χ0) is 13.2. The van der Waals surface area contributed by atoms with Crippen LogP contribution in [0.4, 0.5) is 0 Å². The lowest BCUT2D eigenvalue weighted by molar-refractivity contribution is -0.188. The Morgan fingerprint density at radius 1 is 1.50 bits per heavy atom. The maximum absolute atomic E-state index is 8.84. The maximum atomic E-state index is 8.84. The van der Waals surface area contributed by atoms with E-state index in [1.807, 2.05) is 0 Å². The van der Waals surface area contributed by atoms with Crippen molar-refractivity contribution in [1.29, 1.82) is 0 Å². The molecule has 0 aromatic carbocycles. The lowest BCUT2D eigenvalue weighted by atomic mass is 9.55. The van der Waals surface area contributed by atoms with Crippen molar-refractivity contribution in [2.24, 2.45) is 16.3 Å². The van der Waals surface area contributed by atoms with E-state index in [0.717, 1.165) is 19.0 Å². The number of aliphatic imine (C=N–C) groups is 1. The van der Waals surface area contributed by atoms with E-state index >= 15 is 0 Å². The van der Waals surface area contributed by atoms with Crippen LogP contribution in [0.25, 0.3) is 0 Å². The number of rotatable bonds is 3. The summed E-state index contributed by atoms with van der Waals surface area (Å²) in [5.41, 5.74) is 0.141. The molecule has 1 aliphatic heterocycles. The predicted octanol–water partition coefficient (Wildman–Crippen LogP) is 0.347. The summed E-state index contributed by atoms with van der Waals surface area (Å²) in [7, 11) is 1.76. The van der Waals surface area contributed by atoms with Gasteiger partial charge < -0.3 is 20.5 Å². The monoisotopic (exact) mass is 255 g/mol. The first-order chi connectivity index (χ1) is 8.61. The van der Waals surface area contributed by atoms with Crippen molar-refractivity contribution < 1.29 is 9.84 Å². The van der Waals surface area contributed by atoms with Crippen LogP contribution in [0.1, 0.15) is 26.7 Å². The Kier molecular flexibility index (Phi) is 4.12. The number of ether oxygens (including phenoxy) is 1. The lowest BCUT2D eigenvalue weighted by Gasteiger charge is -2.60. The van der Waals surface area contributed by atoms with Crippen molar-refractivity contribution in [3.8, 4) is 0 Å². The third-order valence-corrected chi connectivity index (χ3v) is 4.25. The molecule has 1 saturated heterocycles. The molecule has 1 aliphatic carbocycles. The van der Waals surface area contributed by atoms with Crippen LogP contribution in [-0.2, 0) is 4.74 Å². The number of nitrogens with one attached hydrogen (secondary N) is 2. The maximum Gasteiger partial charge on any atom is 0.191 e. The smallest absolute Gasteiger partial charge is 0.191 e. The Bertz CT molecular complexity index is 317. The summed E-state index contributed by atoms with van der Waals surface area (Å²) < 4.78 is 5.88. The van der Waals surface area contributed by atoms with E-state index in [0.29, 0.717) is 24.6 Å². The van der Waals surface area contributed by atoms with Gasteiger partial charge in [0.2, 0.25) is 0 Å². The van der Waals surface area contributed by atoms with Crippen molar-refractivity contribution in [2.75, 3.05) is 26.8 Å². The predicted molar refractivity (Wildman–Crippen MR) is 71.6 cm³/mol. The summed E-state index contributed by atoms with van der Waals surface area (Å²) in [6.45, 7) is 6.03. The number of nitrogens with zero attached hydrogens (tertiary/aromatic N) is 1. The van der Waals surface area contributed by atoms with Crippen LogP contribution in [0, 0.1) is 11.3 Å². The molecule has 1 saturated carbocycles. The summed E-state index contributed by atoms with van der Waals surface area (Å²) >= 11 is 0. The molecule has 0 radical (unpaired) electrons. The van der Waals surface area contributed by atoms with Crippen LogP contribution >= 0.6 is 0 Å². The highest BCUT2D eigenvalue weighted by Gasteiger charge is 2.58. The summed E-state index contributed by atoms with van der Waals surface area (Å²) in [6.07, 6.45) is 2.75. The highest BCUT2D eigenvalue weighted by Crippen LogP contribution is 2.51. The molecule has 1 heterocycles. The molecule has 2 rings (SSSR count). The molecule has 0 spiro atoms. The number of fused-ring (bicyclic) bond motifs is 1. The van der Waals surface area contributed by atoms with E-state index in [9.17, 15) is 0 Å². The largest absolute Gasteiger partial charge is 0.395 e. The molecule has 0 aromatic heterocycles. The highest BCUT2D eigenvalue weighted by molar-refractivity contribution is 5.80. The van der Waals surface area contributed by atoms with E-state index < -0.39 is 0 Å². The van der Waals surface area contributed by atoms with Gasteiger partial charge in [0.15, 0.2) is 5.96 Å². The van der Waals surface area contributed by atoms with Gasteiger partial charge >= 0.3 is 0 Å². The molecule has 104 valence electrons. The highest BCUT2D eigenvalue weighted by atomic mass is 16.5. The van der Waals surface area contributed by atoms with Gasteiger partial charge in [-0.2, -0.15) is 0 Å². The summed E-state index contributed by atoms with van der Waals surface area (Å²) in [6, 6.07) is 0.396. The molecule has 0 aromatic rings. The zero-order valence-corrected chi connectivity index (χ0v) is 11.6. The Hall–Kier alpha value is -0.810. The van der Waals surface area contributed by atoms with Gasteiger partial charge in [-0.05, 0) is 12.8 Å². The fraction of sp³-hybridized carbons (Fsp3) is 0.923. The molecule has 2 fully saturated rings. The van der Waals surface area contributed by atoms with Crippen molar-refractivity contribution in [2.45, 2.75) is 38.8 Å². The molecule has 3 atom stereocenters. The number of aliphatic hydroxyl groups excluding tert-OH is 1. The Labute approximate surface area is 109 Å². The average Bonchev–Trinajstić information content (AvgIpc) is 2.39. The van der Waals surface area contributed by atoms with Gasteiger partial charge in [-0.3, -0.25) is 4.99 Å². The standard InChI is InChI=1S/C13H25N3O2/c1-13(2)10(9-5-4-8-18-11(9)13)16-12(14-3)15-6-7-17/h9-11,17H,4-8H2,1-3H3,(H2,14,15,16). The SMILES string of the molecule is CN=C(NCCO)NC1C2CCCOC2C1(C)C. The van der Waals surface area contributed by atoms with Gasteiger partial charge in [0.05, 0.1) is 12.7 Å². The molecule has 2 aliphatic rings. The average molecular weight is 255 g/mol. The Balaban J connectivity index is 1.95. The fourth-order valence-corrected chi connectivity index (χ4v) is 3.33. The second kappa shape index (κ2) is 5.45. The fourth-order valence-electron chi connectivity index (χ4n) is 3.33. The zero-order valence-electron chi connectivity index (χ0n) is 11.6. The minimum atomic E-state index is 0.115. The molecule has 0 amide bonds. The van der Waals surface area contributed by atoms with E-state index in [4.69, 9.17) is 9.84 Å². The van der Waals surface area contributed by atoms with Crippen molar-refractivity contribution in [3.05, 3.63) is 0 Å². The van der Waals surface area contributed by atoms with Crippen LogP contribution in [0.15, 0.2) is 4.99 Å². The Morgan fingerprint density at radius 2 is 2.28 bits per heavy atom. The van der Waals surface area contributed by atoms with Gasteiger partial charge in [0.1, 0.15) is 0 Å². The number of guanidine groups is 1. The van der Waals surface area contributed by atoms with Crippen molar-refractivity contribution in [1.82, 2.24) is 10.6 Å². The molecular formula is C13H25N3O2. The van der Waals surface area contributed by atoms with Crippen LogP contribution in [0.3, 0.4) is 0 Å². The van der Waals surface area contributed by atoms with Crippen LogP contribution < -0.4 is 10.6 Å². The molecule has 18 heavy (non-hydrogen) atoms. The third-order valence-electron chi connectivity index (χ3n) is 4.25. The molecule has 5 nitrogen and oxygen atoms in total. The Morgan fingerprint density at radius 3 is 2.94 bits per heavy atom. The lowest BCUT2D eigenvalue weighted by Crippen LogP contribution is -2.71. The van der Waals surface area contributed by atoms with Gasteiger partial charge in [-0.25, -0.2) is 0 Å². The molecule has 0 bridgehead atoms. The van der Waals surface area contributed by atoms with E-state index in [1.165, 1.54) is 6.42 Å². The van der Waals surface area contributed by atoms with Gasteiger partial charge in [-0.1, -0.05) is 13.8 Å². The van der Waals surface area contributed by atoms with E-state index in [-0.39, 0.29) is 12.0 Å². The molecule has 5 heteroatoms. The molecular weight excluding hydrogens is 230 g/mol. The van der Waals surface area contributed by atoms with Crippen molar-refractivity contribution in [3.63, 3.8) is 0 Å². The van der Waals surface area contributed by atoms with E-state index in [1.54, 1.807) is 7.05 Å². The summed E-state index contributed by atoms with van der Waals surface area (Å²) in [5, 5.41) is 15.4. The summed E-state index contributed by atoms with van der Waals surface area (Å²) in [4.78, 5) is 4.19. The van der Waals surface area contributed by atoms with Gasteiger partial charge in [0.25, 0.3) is 0 Å². The first-order valence-corrected chi connectivity index (χ1v) is 6.81. The van der Waals surface area contributed by atoms with Crippen LogP contribution in [0.5, 0.6) is 0 Å². The van der Waals surface area contributed by atoms with Crippen molar-refractivity contribution >= 4 is 5.96 Å². The second-order valence-corrected chi connectivity index (χ2v) is 5.76. The minimum Gasteiger partial charge on any atom is -0.395 e. The minimum absolute atomic E-state index is 0.115. The number of hydrogen-bond donors (Lipinski definition) is 3. The van der Waals surface area contributed by atoms with Gasteiger partial charge in [0, 0.05) is 37.6 Å². The molecule has 3 unspecified atom stereocenters. The first-order valence-electron chi connectivity index (χ1n) is 6.81. The number of aliphatic hydroxyl groups is 1. The first kappa shape index (κ1) is 13.6. The summed E-state index contributed by atoms with van der Waals surface area (Å²) in [5.74, 6) is 1.35. The topological polar surface area (TPSA) is 65.9 Å². The van der Waals surface area contributed by atoms with Crippen LogP contribution in [0.2, 0.25) is 0 Å². The molecule has 3 N–H and O–H groups in total. The number of hydrogen-bond acceptors (Lipinski definition) is 3. The quantitative estimate of drug-likeness (QED) is 0.503. The van der Waals surface area contributed by atoms with Crippen LogP contribution in [-0.4, -0.2) is 50.0 Å². The normalized spacial score (nSPS) is 34.4.